The molecule has 1 fully saturated rings. The van der Waals surface area contributed by atoms with Gasteiger partial charge < -0.3 is 15.3 Å². The number of likely N-dealkylation sites (tertiary alicyclic amines) is 1. The van der Waals surface area contributed by atoms with Gasteiger partial charge in [0, 0.05) is 13.1 Å². The zero-order valence-electron chi connectivity index (χ0n) is 10.7. The van der Waals surface area contributed by atoms with Crippen molar-refractivity contribution >= 4 is 12.0 Å². The summed E-state index contributed by atoms with van der Waals surface area (Å²) in [6, 6.07) is 9.14. The highest BCUT2D eigenvalue weighted by atomic mass is 16.4. The van der Waals surface area contributed by atoms with Crippen molar-refractivity contribution in [3.63, 3.8) is 0 Å². The first-order valence-corrected chi connectivity index (χ1v) is 6.49. The zero-order valence-corrected chi connectivity index (χ0v) is 10.7. The van der Waals surface area contributed by atoms with E-state index in [-0.39, 0.29) is 5.91 Å². The highest BCUT2D eigenvalue weighted by molar-refractivity contribution is 5.85. The Morgan fingerprint density at radius 1 is 1.32 bits per heavy atom. The van der Waals surface area contributed by atoms with E-state index in [0.29, 0.717) is 19.5 Å². The van der Waals surface area contributed by atoms with Gasteiger partial charge in [-0.3, -0.25) is 4.79 Å². The molecule has 0 unspecified atom stereocenters. The number of carbonyl (C=O) groups is 2. The van der Waals surface area contributed by atoms with Gasteiger partial charge in [0.1, 0.15) is 6.04 Å². The van der Waals surface area contributed by atoms with Gasteiger partial charge in [0.15, 0.2) is 0 Å². The topological polar surface area (TPSA) is 69.6 Å². The fraction of sp³-hybridized carbons (Fsp3) is 0.429. The predicted octanol–water partition coefficient (Wildman–Crippen LogP) is 1.84. The zero-order chi connectivity index (χ0) is 13.7. The van der Waals surface area contributed by atoms with Crippen LogP contribution in [0, 0.1) is 0 Å². The monoisotopic (exact) mass is 262 g/mol. The van der Waals surface area contributed by atoms with E-state index in [1.54, 1.807) is 4.90 Å². The van der Waals surface area contributed by atoms with Gasteiger partial charge in [0.25, 0.3) is 0 Å². The summed E-state index contributed by atoms with van der Waals surface area (Å²) in [5, 5.41) is 11.1. The Kier molecular flexibility index (Phi) is 4.39. The lowest BCUT2D eigenvalue weighted by atomic mass is 10.1. The Morgan fingerprint density at radius 2 is 2.05 bits per heavy atom. The fourth-order valence-electron chi connectivity index (χ4n) is 2.35. The molecule has 1 atom stereocenters. The van der Waals surface area contributed by atoms with Crippen LogP contribution in [0.5, 0.6) is 0 Å². The van der Waals surface area contributed by atoms with Gasteiger partial charge in [-0.1, -0.05) is 30.3 Å². The molecule has 0 aliphatic carbocycles. The van der Waals surface area contributed by atoms with Crippen LogP contribution in [0.25, 0.3) is 0 Å². The number of hydrogen-bond donors (Lipinski definition) is 2. The second-order valence-electron chi connectivity index (χ2n) is 4.74. The van der Waals surface area contributed by atoms with Crippen molar-refractivity contribution in [1.82, 2.24) is 10.2 Å². The molecule has 1 aromatic carbocycles. The van der Waals surface area contributed by atoms with E-state index in [1.165, 1.54) is 0 Å². The second-order valence-corrected chi connectivity index (χ2v) is 4.74. The van der Waals surface area contributed by atoms with E-state index in [9.17, 15) is 9.59 Å². The van der Waals surface area contributed by atoms with Crippen LogP contribution < -0.4 is 5.32 Å². The van der Waals surface area contributed by atoms with Crippen LogP contribution in [-0.2, 0) is 11.3 Å². The molecule has 0 saturated carbocycles. The van der Waals surface area contributed by atoms with Crippen molar-refractivity contribution in [2.24, 2.45) is 0 Å². The lowest BCUT2D eigenvalue weighted by Gasteiger charge is -2.24. The molecule has 0 radical (unpaired) electrons. The van der Waals surface area contributed by atoms with E-state index < -0.39 is 12.1 Å². The molecule has 1 heterocycles. The minimum atomic E-state index is -1.14. The Labute approximate surface area is 112 Å². The van der Waals surface area contributed by atoms with E-state index >= 15 is 0 Å². The number of carboxylic acid groups (broad SMARTS) is 1. The van der Waals surface area contributed by atoms with Crippen molar-refractivity contribution in [3.8, 4) is 0 Å². The Morgan fingerprint density at radius 3 is 2.74 bits per heavy atom. The molecule has 1 aromatic rings. The molecule has 0 spiro atoms. The third-order valence-electron chi connectivity index (χ3n) is 3.29. The van der Waals surface area contributed by atoms with Gasteiger partial charge in [-0.15, -0.1) is 0 Å². The van der Waals surface area contributed by atoms with Gasteiger partial charge in [0.05, 0.1) is 0 Å². The minimum absolute atomic E-state index is 0.122. The Bertz CT molecular complexity index is 447. The molecule has 0 bridgehead atoms. The average Bonchev–Trinajstić information content (AvgIpc) is 2.55. The van der Waals surface area contributed by atoms with E-state index in [4.69, 9.17) is 5.11 Å². The number of benzene rings is 1. The highest BCUT2D eigenvalue weighted by Crippen LogP contribution is 2.15. The largest absolute Gasteiger partial charge is 0.465 e. The molecule has 1 aliphatic heterocycles. The van der Waals surface area contributed by atoms with Crippen LogP contribution in [0.3, 0.4) is 0 Å². The summed E-state index contributed by atoms with van der Waals surface area (Å²) in [7, 11) is 0. The van der Waals surface area contributed by atoms with Crippen molar-refractivity contribution in [3.05, 3.63) is 35.9 Å². The van der Waals surface area contributed by atoms with Crippen LogP contribution >= 0.6 is 0 Å². The van der Waals surface area contributed by atoms with Crippen LogP contribution in [0.4, 0.5) is 4.79 Å². The summed E-state index contributed by atoms with van der Waals surface area (Å²) in [4.78, 5) is 24.7. The lowest BCUT2D eigenvalue weighted by Crippen LogP contribution is -2.46. The highest BCUT2D eigenvalue weighted by Gasteiger charge is 2.27. The first-order chi connectivity index (χ1) is 9.16. The first-order valence-electron chi connectivity index (χ1n) is 6.49. The van der Waals surface area contributed by atoms with Crippen LogP contribution in [0.1, 0.15) is 24.8 Å². The number of hydrogen-bond acceptors (Lipinski definition) is 2. The fourth-order valence-corrected chi connectivity index (χ4v) is 2.35. The smallest absolute Gasteiger partial charge is 0.405 e. The molecular formula is C14H18N2O3. The third kappa shape index (κ3) is 3.71. The SMILES string of the molecule is O=C(O)N[C@H]1CCCCN(Cc2ccccc2)C1=O. The normalized spacial score (nSPS) is 19.9. The number of nitrogens with zero attached hydrogens (tertiary/aromatic N) is 1. The van der Waals surface area contributed by atoms with Gasteiger partial charge in [-0.05, 0) is 24.8 Å². The molecule has 0 aromatic heterocycles. The summed E-state index contributed by atoms with van der Waals surface area (Å²) < 4.78 is 0. The van der Waals surface area contributed by atoms with Crippen molar-refractivity contribution in [2.75, 3.05) is 6.54 Å². The molecule has 1 aliphatic rings. The molecular weight excluding hydrogens is 244 g/mol. The van der Waals surface area contributed by atoms with Gasteiger partial charge in [-0.25, -0.2) is 4.79 Å². The van der Waals surface area contributed by atoms with Crippen LogP contribution in [0.2, 0.25) is 0 Å². The summed E-state index contributed by atoms with van der Waals surface area (Å²) in [6.45, 7) is 1.23. The van der Waals surface area contributed by atoms with E-state index in [1.807, 2.05) is 30.3 Å². The summed E-state index contributed by atoms with van der Waals surface area (Å²) in [5.41, 5.74) is 1.06. The van der Waals surface area contributed by atoms with Gasteiger partial charge in [0.2, 0.25) is 5.91 Å². The minimum Gasteiger partial charge on any atom is -0.465 e. The third-order valence-corrected chi connectivity index (χ3v) is 3.29. The van der Waals surface area contributed by atoms with Crippen LogP contribution in [-0.4, -0.2) is 34.6 Å². The maximum Gasteiger partial charge on any atom is 0.405 e. The number of carbonyl (C=O) groups excluding carboxylic acids is 1. The van der Waals surface area contributed by atoms with Crippen molar-refractivity contribution in [2.45, 2.75) is 31.8 Å². The lowest BCUT2D eigenvalue weighted by molar-refractivity contribution is -0.133. The molecule has 5 heteroatoms. The summed E-state index contributed by atoms with van der Waals surface area (Å²) in [6.07, 6.45) is 1.22. The molecule has 102 valence electrons. The predicted molar refractivity (Wildman–Crippen MR) is 70.7 cm³/mol. The van der Waals surface area contributed by atoms with Crippen LogP contribution in [0.15, 0.2) is 30.3 Å². The average molecular weight is 262 g/mol. The molecule has 19 heavy (non-hydrogen) atoms. The maximum absolute atomic E-state index is 12.3. The number of rotatable bonds is 3. The maximum atomic E-state index is 12.3. The summed E-state index contributed by atoms with van der Waals surface area (Å²) in [5.74, 6) is -0.122. The quantitative estimate of drug-likeness (QED) is 0.873. The number of nitrogens with one attached hydrogen (secondary N) is 1. The molecule has 2 N–H and O–H groups in total. The second kappa shape index (κ2) is 6.22. The number of amides is 2. The molecule has 2 amide bonds. The summed E-state index contributed by atoms with van der Waals surface area (Å²) >= 11 is 0. The van der Waals surface area contributed by atoms with E-state index in [0.717, 1.165) is 18.4 Å². The molecule has 5 nitrogen and oxygen atoms in total. The van der Waals surface area contributed by atoms with Gasteiger partial charge >= 0.3 is 6.09 Å². The van der Waals surface area contributed by atoms with Gasteiger partial charge in [-0.2, -0.15) is 0 Å². The Balaban J connectivity index is 2.06. The standard InChI is InChI=1S/C14H18N2O3/c17-13-12(15-14(18)19)8-4-5-9-16(13)10-11-6-2-1-3-7-11/h1-3,6-7,12,15H,4-5,8-10H2,(H,18,19)/t12-/m0/s1. The Hall–Kier alpha value is -2.04. The molecule has 2 rings (SSSR count). The molecule has 1 saturated heterocycles. The van der Waals surface area contributed by atoms with Crippen molar-refractivity contribution < 1.29 is 14.7 Å². The van der Waals surface area contributed by atoms with E-state index in [2.05, 4.69) is 5.32 Å². The van der Waals surface area contributed by atoms with Crippen molar-refractivity contribution in [1.29, 1.82) is 0 Å². The first kappa shape index (κ1) is 13.4.